The fraction of sp³-hybridized carbons (Fsp3) is 0.538. The van der Waals surface area contributed by atoms with Gasteiger partial charge in [-0.1, -0.05) is 43.4 Å². The quantitative estimate of drug-likeness (QED) is 0.564. The fourth-order valence-corrected chi connectivity index (χ4v) is 8.58. The van der Waals surface area contributed by atoms with Crippen LogP contribution in [-0.4, -0.2) is 10.8 Å². The van der Waals surface area contributed by atoms with E-state index < -0.39 is 0 Å². The molecule has 31 heavy (non-hydrogen) atoms. The predicted octanol–water partition coefficient (Wildman–Crippen LogP) is 6.78. The van der Waals surface area contributed by atoms with Crippen molar-refractivity contribution in [3.63, 3.8) is 0 Å². The first-order valence-electron chi connectivity index (χ1n) is 11.7. The zero-order valence-electron chi connectivity index (χ0n) is 18.2. The minimum atomic E-state index is -0.253. The molecule has 2 aromatic rings. The Morgan fingerprint density at radius 2 is 1.90 bits per heavy atom. The highest BCUT2D eigenvalue weighted by Gasteiger charge is 2.58. The molecule has 4 aliphatic carbocycles. The van der Waals surface area contributed by atoms with Crippen LogP contribution in [0.25, 0.3) is 5.57 Å². The van der Waals surface area contributed by atoms with Crippen LogP contribution in [0.4, 0.5) is 15.2 Å². The van der Waals surface area contributed by atoms with Gasteiger partial charge in [-0.05, 0) is 79.4 Å². The monoisotopic (exact) mass is 436 g/mol. The molecule has 0 bridgehead atoms. The molecule has 5 heteroatoms. The van der Waals surface area contributed by atoms with Crippen molar-refractivity contribution in [1.29, 1.82) is 0 Å². The number of fused-ring (bicyclic) bond motifs is 7. The first-order chi connectivity index (χ1) is 14.9. The summed E-state index contributed by atoms with van der Waals surface area (Å²) in [5, 5.41) is 3.98. The van der Waals surface area contributed by atoms with Gasteiger partial charge in [0.2, 0.25) is 0 Å². The SMILES string of the molecule is C[C@]12CCc3nc(Nc4ccccc4F)sc3C1=CC[C@@H]1[C@@H]2CC[C@]2(C)C(=O)CC[C@@H]12. The topological polar surface area (TPSA) is 42.0 Å². The number of nitrogens with zero attached hydrogens (tertiary/aromatic N) is 1. The molecule has 1 N–H and O–H groups in total. The van der Waals surface area contributed by atoms with Gasteiger partial charge in [0.1, 0.15) is 11.6 Å². The number of thiazole rings is 1. The van der Waals surface area contributed by atoms with Crippen molar-refractivity contribution in [2.24, 2.45) is 28.6 Å². The van der Waals surface area contributed by atoms with E-state index in [0.29, 0.717) is 29.2 Å². The molecular formula is C26H29FN2OS. The highest BCUT2D eigenvalue weighted by atomic mass is 32.1. The number of carbonyl (C=O) groups is 1. The molecule has 4 aliphatic rings. The minimum Gasteiger partial charge on any atom is -0.329 e. The van der Waals surface area contributed by atoms with Crippen LogP contribution in [-0.2, 0) is 11.2 Å². The zero-order chi connectivity index (χ0) is 21.4. The van der Waals surface area contributed by atoms with Crippen LogP contribution in [0.2, 0.25) is 0 Å². The lowest BCUT2D eigenvalue weighted by atomic mass is 9.48. The smallest absolute Gasteiger partial charge is 0.188 e. The predicted molar refractivity (Wildman–Crippen MR) is 123 cm³/mol. The second-order valence-corrected chi connectivity index (χ2v) is 11.5. The van der Waals surface area contributed by atoms with Gasteiger partial charge in [0.05, 0.1) is 16.3 Å². The molecule has 0 aliphatic heterocycles. The van der Waals surface area contributed by atoms with Crippen molar-refractivity contribution < 1.29 is 9.18 Å². The van der Waals surface area contributed by atoms with Crippen molar-refractivity contribution in [3.05, 3.63) is 46.7 Å². The summed E-state index contributed by atoms with van der Waals surface area (Å²) in [5.41, 5.74) is 3.17. The summed E-state index contributed by atoms with van der Waals surface area (Å²) in [6, 6.07) is 6.77. The van der Waals surface area contributed by atoms with Crippen molar-refractivity contribution in [2.45, 2.75) is 58.8 Å². The molecule has 162 valence electrons. The van der Waals surface area contributed by atoms with Crippen LogP contribution in [0.5, 0.6) is 0 Å². The summed E-state index contributed by atoms with van der Waals surface area (Å²) >= 11 is 1.67. The van der Waals surface area contributed by atoms with Crippen molar-refractivity contribution >= 4 is 33.5 Å². The third-order valence-corrected chi connectivity index (χ3v) is 10.2. The molecule has 5 atom stereocenters. The van der Waals surface area contributed by atoms with Gasteiger partial charge in [-0.15, -0.1) is 0 Å². The normalized spacial score (nSPS) is 36.2. The van der Waals surface area contributed by atoms with Crippen molar-refractivity contribution in [2.75, 3.05) is 5.32 Å². The van der Waals surface area contributed by atoms with Gasteiger partial charge in [-0.25, -0.2) is 9.37 Å². The molecule has 1 heterocycles. The third-order valence-electron chi connectivity index (χ3n) is 9.11. The Morgan fingerprint density at radius 3 is 2.74 bits per heavy atom. The summed E-state index contributed by atoms with van der Waals surface area (Å²) in [4.78, 5) is 18.8. The summed E-state index contributed by atoms with van der Waals surface area (Å²) in [5.74, 6) is 2.08. The maximum Gasteiger partial charge on any atom is 0.188 e. The van der Waals surface area contributed by atoms with E-state index in [-0.39, 0.29) is 16.6 Å². The van der Waals surface area contributed by atoms with E-state index >= 15 is 0 Å². The van der Waals surface area contributed by atoms with Crippen LogP contribution in [0.15, 0.2) is 30.3 Å². The number of halogens is 1. The molecule has 1 aromatic carbocycles. The fourth-order valence-electron chi connectivity index (χ4n) is 7.38. The van der Waals surface area contributed by atoms with Crippen LogP contribution in [0.1, 0.15) is 62.9 Å². The molecule has 2 saturated carbocycles. The minimum absolute atomic E-state index is 0.0793. The number of anilines is 2. The van der Waals surface area contributed by atoms with E-state index in [0.717, 1.165) is 55.8 Å². The number of hydrogen-bond acceptors (Lipinski definition) is 4. The molecule has 0 radical (unpaired) electrons. The van der Waals surface area contributed by atoms with Gasteiger partial charge in [0.25, 0.3) is 0 Å². The molecular weight excluding hydrogens is 407 g/mol. The lowest BCUT2D eigenvalue weighted by Crippen LogP contribution is -2.49. The van der Waals surface area contributed by atoms with Gasteiger partial charge >= 0.3 is 0 Å². The van der Waals surface area contributed by atoms with Gasteiger partial charge < -0.3 is 5.32 Å². The number of aromatic nitrogens is 1. The standard InChI is InChI=1S/C26H29FN2OS/c1-25-14-12-21-23(31-24(29-21)28-20-6-4-3-5-19(20)27)18(25)8-7-15-16-9-10-22(30)26(16,2)13-11-17(15)25/h3-6,8,15-17H,7,9-14H2,1-2H3,(H,28,29)/t15-,16-,17-,25+,26-/m0/s1. The number of Topliss-reactive ketones (excluding diaryl/α,β-unsaturated/α-hetero) is 1. The van der Waals surface area contributed by atoms with Crippen molar-refractivity contribution in [1.82, 2.24) is 4.98 Å². The number of benzene rings is 1. The van der Waals surface area contributed by atoms with Crippen LogP contribution in [0.3, 0.4) is 0 Å². The number of hydrogen-bond donors (Lipinski definition) is 1. The molecule has 2 fully saturated rings. The summed E-state index contributed by atoms with van der Waals surface area (Å²) in [7, 11) is 0. The van der Waals surface area contributed by atoms with E-state index in [1.165, 1.54) is 16.5 Å². The van der Waals surface area contributed by atoms with Crippen LogP contribution in [0, 0.1) is 34.4 Å². The third kappa shape index (κ3) is 2.75. The van der Waals surface area contributed by atoms with Crippen LogP contribution < -0.4 is 5.32 Å². The molecule has 0 saturated heterocycles. The largest absolute Gasteiger partial charge is 0.329 e. The molecule has 0 spiro atoms. The van der Waals surface area contributed by atoms with Gasteiger partial charge in [-0.3, -0.25) is 4.79 Å². The summed E-state index contributed by atoms with van der Waals surface area (Å²) in [6.45, 7) is 4.70. The van der Waals surface area contributed by atoms with E-state index in [1.807, 2.05) is 6.07 Å². The Kier molecular flexibility index (Phi) is 4.28. The molecule has 3 nitrogen and oxygen atoms in total. The maximum atomic E-state index is 14.1. The molecule has 6 rings (SSSR count). The number of nitrogens with one attached hydrogen (secondary N) is 1. The Balaban J connectivity index is 1.34. The number of ketones is 1. The Hall–Kier alpha value is -2.01. The van der Waals surface area contributed by atoms with E-state index in [4.69, 9.17) is 4.98 Å². The second kappa shape index (κ2) is 6.74. The summed E-state index contributed by atoms with van der Waals surface area (Å²) < 4.78 is 14.1. The van der Waals surface area contributed by atoms with Gasteiger partial charge in [-0.2, -0.15) is 0 Å². The second-order valence-electron chi connectivity index (χ2n) is 10.5. The highest BCUT2D eigenvalue weighted by molar-refractivity contribution is 7.16. The number of para-hydroxylation sites is 1. The molecule has 0 amide bonds. The molecule has 0 unspecified atom stereocenters. The van der Waals surface area contributed by atoms with E-state index in [1.54, 1.807) is 23.5 Å². The zero-order valence-corrected chi connectivity index (χ0v) is 19.0. The first-order valence-corrected chi connectivity index (χ1v) is 12.5. The van der Waals surface area contributed by atoms with E-state index in [9.17, 15) is 9.18 Å². The van der Waals surface area contributed by atoms with E-state index in [2.05, 4.69) is 25.2 Å². The van der Waals surface area contributed by atoms with Gasteiger partial charge in [0, 0.05) is 11.8 Å². The summed E-state index contributed by atoms with van der Waals surface area (Å²) in [6.07, 6.45) is 9.72. The average molecular weight is 437 g/mol. The van der Waals surface area contributed by atoms with Crippen LogP contribution >= 0.6 is 11.3 Å². The lowest BCUT2D eigenvalue weighted by Gasteiger charge is -2.55. The lowest BCUT2D eigenvalue weighted by molar-refractivity contribution is -0.131. The van der Waals surface area contributed by atoms with Gasteiger partial charge in [0.15, 0.2) is 5.13 Å². The number of allylic oxidation sites excluding steroid dienone is 2. The Labute approximate surface area is 187 Å². The first kappa shape index (κ1) is 19.7. The Morgan fingerprint density at radius 1 is 1.10 bits per heavy atom. The number of aryl methyl sites for hydroxylation is 1. The average Bonchev–Trinajstić information content (AvgIpc) is 3.29. The maximum absolute atomic E-state index is 14.1. The van der Waals surface area contributed by atoms with Crippen molar-refractivity contribution in [3.8, 4) is 0 Å². The molecule has 1 aromatic heterocycles. The number of carbonyl (C=O) groups excluding carboxylic acids is 1. The highest BCUT2D eigenvalue weighted by Crippen LogP contribution is 2.65. The Bertz CT molecular complexity index is 1110. The number of rotatable bonds is 2.